The first kappa shape index (κ1) is 12.1. The molecule has 0 bridgehead atoms. The van der Waals surface area contributed by atoms with Crippen LogP contribution in [0.2, 0.25) is 0 Å². The molecule has 7 heteroatoms. The van der Waals surface area contributed by atoms with Crippen molar-refractivity contribution < 1.29 is 14.8 Å². The molecule has 0 amide bonds. The van der Waals surface area contributed by atoms with Gasteiger partial charge in [-0.3, -0.25) is 14.9 Å². The van der Waals surface area contributed by atoms with Gasteiger partial charge in [-0.15, -0.1) is 0 Å². The number of alkyl halides is 1. The third-order valence-electron chi connectivity index (χ3n) is 1.82. The molecule has 1 rings (SSSR count). The van der Waals surface area contributed by atoms with Crippen molar-refractivity contribution in [2.45, 2.75) is 0 Å². The molecule has 0 saturated heterocycles. The first-order valence-corrected chi connectivity index (χ1v) is 5.14. The summed E-state index contributed by atoms with van der Waals surface area (Å²) in [5.41, 5.74) is -1.07. The van der Waals surface area contributed by atoms with Gasteiger partial charge in [0.05, 0.1) is 21.9 Å². The van der Waals surface area contributed by atoms with Crippen LogP contribution in [0.3, 0.4) is 0 Å². The third kappa shape index (κ3) is 2.17. The lowest BCUT2D eigenvalue weighted by Gasteiger charge is -2.03. The van der Waals surface area contributed by atoms with Gasteiger partial charge < -0.3 is 5.11 Å². The largest absolute Gasteiger partial charge is 0.508 e. The highest BCUT2D eigenvalue weighted by Crippen LogP contribution is 2.28. The minimum Gasteiger partial charge on any atom is -0.508 e. The maximum Gasteiger partial charge on any atom is 0.285 e. The molecule has 0 unspecified atom stereocenters. The molecule has 1 N–H and O–H groups in total. The molecule has 0 aliphatic rings. The van der Waals surface area contributed by atoms with E-state index >= 15 is 0 Å². The first-order chi connectivity index (χ1) is 7.51. The zero-order chi connectivity index (χ0) is 12.3. The van der Waals surface area contributed by atoms with Gasteiger partial charge in [0.15, 0.2) is 5.78 Å². The van der Waals surface area contributed by atoms with E-state index < -0.39 is 22.1 Å². The number of carbonyl (C=O) groups excluding carboxylic acids is 1. The lowest BCUT2D eigenvalue weighted by Crippen LogP contribution is -2.07. The monoisotopic (exact) mass is 284 g/mol. The highest BCUT2D eigenvalue weighted by atomic mass is 79.9. The number of hydrogen-bond acceptors (Lipinski definition) is 5. The van der Waals surface area contributed by atoms with Crippen LogP contribution in [0.4, 0.5) is 5.69 Å². The second-order valence-electron chi connectivity index (χ2n) is 2.81. The minimum atomic E-state index is -0.809. The van der Waals surface area contributed by atoms with E-state index in [1.165, 1.54) is 0 Å². The quantitative estimate of drug-likeness (QED) is 0.394. The number of phenolic OH excluding ortho intramolecular Hbond substituents is 1. The molecule has 0 aromatic heterocycles. The van der Waals surface area contributed by atoms with Crippen LogP contribution in [0.25, 0.3) is 0 Å². The normalized spacial score (nSPS) is 9.50. The van der Waals surface area contributed by atoms with Crippen LogP contribution in [0.5, 0.6) is 5.75 Å². The van der Waals surface area contributed by atoms with Crippen molar-refractivity contribution in [1.29, 1.82) is 5.26 Å². The van der Waals surface area contributed by atoms with Crippen LogP contribution in [-0.2, 0) is 0 Å². The molecule has 1 aromatic rings. The Bertz CT molecular complexity index is 507. The number of aromatic hydroxyl groups is 1. The predicted octanol–water partition coefficient (Wildman–Crippen LogP) is 1.75. The first-order valence-electron chi connectivity index (χ1n) is 4.02. The molecular weight excluding hydrogens is 280 g/mol. The number of carbonyl (C=O) groups is 1. The van der Waals surface area contributed by atoms with Gasteiger partial charge in [-0.2, -0.15) is 5.26 Å². The summed E-state index contributed by atoms with van der Waals surface area (Å²) in [5.74, 6) is -1.00. The van der Waals surface area contributed by atoms with E-state index in [-0.39, 0.29) is 16.5 Å². The number of rotatable bonds is 3. The summed E-state index contributed by atoms with van der Waals surface area (Å²) in [5, 5.41) is 28.5. The van der Waals surface area contributed by atoms with E-state index in [0.717, 1.165) is 12.1 Å². The minimum absolute atomic E-state index is 0.132. The van der Waals surface area contributed by atoms with E-state index in [1.807, 2.05) is 0 Å². The van der Waals surface area contributed by atoms with Gasteiger partial charge >= 0.3 is 0 Å². The van der Waals surface area contributed by atoms with Gasteiger partial charge in [-0.1, -0.05) is 15.9 Å². The number of ketones is 1. The Hall–Kier alpha value is -1.94. The topological polar surface area (TPSA) is 104 Å². The Morgan fingerprint density at radius 3 is 2.69 bits per heavy atom. The molecule has 0 spiro atoms. The number of halogens is 1. The number of hydrogen-bond donors (Lipinski definition) is 1. The van der Waals surface area contributed by atoms with Crippen LogP contribution in [0.1, 0.15) is 15.9 Å². The summed E-state index contributed by atoms with van der Waals surface area (Å²) < 4.78 is 0. The van der Waals surface area contributed by atoms with Crippen molar-refractivity contribution >= 4 is 27.4 Å². The molecule has 0 aliphatic heterocycles. The van der Waals surface area contributed by atoms with E-state index in [1.54, 1.807) is 6.07 Å². The van der Waals surface area contributed by atoms with Crippen LogP contribution in [-0.4, -0.2) is 21.1 Å². The fourth-order valence-corrected chi connectivity index (χ4v) is 1.48. The number of benzene rings is 1. The second kappa shape index (κ2) is 4.72. The van der Waals surface area contributed by atoms with E-state index in [0.29, 0.717) is 0 Å². The summed E-state index contributed by atoms with van der Waals surface area (Å²) in [7, 11) is 0. The van der Waals surface area contributed by atoms with Crippen LogP contribution >= 0.6 is 15.9 Å². The summed E-state index contributed by atoms with van der Waals surface area (Å²) in [6.07, 6.45) is 0. The highest BCUT2D eigenvalue weighted by molar-refractivity contribution is 9.09. The lowest BCUT2D eigenvalue weighted by atomic mass is 10.0. The zero-order valence-corrected chi connectivity index (χ0v) is 9.39. The molecule has 0 radical (unpaired) electrons. The van der Waals surface area contributed by atoms with Gasteiger partial charge in [-0.05, 0) is 6.07 Å². The fraction of sp³-hybridized carbons (Fsp3) is 0.111. The Morgan fingerprint density at radius 1 is 1.62 bits per heavy atom. The Balaban J connectivity index is 3.59. The molecule has 0 atom stereocenters. The van der Waals surface area contributed by atoms with Gasteiger partial charge in [0, 0.05) is 0 Å². The maximum absolute atomic E-state index is 11.4. The average molecular weight is 285 g/mol. The van der Waals surface area contributed by atoms with Crippen LogP contribution in [0.15, 0.2) is 12.1 Å². The Morgan fingerprint density at radius 2 is 2.25 bits per heavy atom. The van der Waals surface area contributed by atoms with Crippen molar-refractivity contribution in [3.63, 3.8) is 0 Å². The van der Waals surface area contributed by atoms with Gasteiger partial charge in [0.25, 0.3) is 5.69 Å². The SMILES string of the molecule is N#Cc1cc(O)cc([N+](=O)[O-])c1C(=O)CBr. The summed E-state index contributed by atoms with van der Waals surface area (Å²) in [6, 6.07) is 3.50. The van der Waals surface area contributed by atoms with Crippen molar-refractivity contribution in [1.82, 2.24) is 0 Å². The summed E-state index contributed by atoms with van der Waals surface area (Å²) in [6.45, 7) is 0. The van der Waals surface area contributed by atoms with Gasteiger partial charge in [0.2, 0.25) is 0 Å². The zero-order valence-electron chi connectivity index (χ0n) is 7.81. The Labute approximate surface area is 98.4 Å². The van der Waals surface area contributed by atoms with Crippen molar-refractivity contribution in [3.05, 3.63) is 33.4 Å². The molecule has 16 heavy (non-hydrogen) atoms. The number of nitro benzene ring substituents is 1. The summed E-state index contributed by atoms with van der Waals surface area (Å²) >= 11 is 2.87. The smallest absolute Gasteiger partial charge is 0.285 e. The summed E-state index contributed by atoms with van der Waals surface area (Å²) in [4.78, 5) is 21.3. The second-order valence-corrected chi connectivity index (χ2v) is 3.37. The Kier molecular flexibility index (Phi) is 3.58. The molecule has 0 saturated carbocycles. The van der Waals surface area contributed by atoms with Gasteiger partial charge in [-0.25, -0.2) is 0 Å². The van der Waals surface area contributed by atoms with E-state index in [9.17, 15) is 20.0 Å². The fourth-order valence-electron chi connectivity index (χ4n) is 1.20. The highest BCUT2D eigenvalue weighted by Gasteiger charge is 2.24. The third-order valence-corrected chi connectivity index (χ3v) is 2.33. The lowest BCUT2D eigenvalue weighted by molar-refractivity contribution is -0.385. The average Bonchev–Trinajstić information content (AvgIpc) is 2.26. The number of nitriles is 1. The standard InChI is InChI=1S/C9H5BrN2O4/c10-3-8(14)9-5(4-11)1-6(13)2-7(9)12(15)16/h1-2,13H,3H2. The van der Waals surface area contributed by atoms with Crippen molar-refractivity contribution in [2.75, 3.05) is 5.33 Å². The van der Waals surface area contributed by atoms with Crippen molar-refractivity contribution in [2.24, 2.45) is 0 Å². The molecule has 1 aromatic carbocycles. The number of nitrogens with zero attached hydrogens (tertiary/aromatic N) is 2. The van der Waals surface area contributed by atoms with Crippen LogP contribution < -0.4 is 0 Å². The van der Waals surface area contributed by atoms with E-state index in [2.05, 4.69) is 15.9 Å². The number of Topliss-reactive ketones (excluding diaryl/α,β-unsaturated/α-hetero) is 1. The van der Waals surface area contributed by atoms with Crippen molar-refractivity contribution in [3.8, 4) is 11.8 Å². The number of nitro groups is 1. The van der Waals surface area contributed by atoms with Gasteiger partial charge in [0.1, 0.15) is 17.4 Å². The predicted molar refractivity (Wildman–Crippen MR) is 57.6 cm³/mol. The molecular formula is C9H5BrN2O4. The molecule has 82 valence electrons. The number of phenols is 1. The molecule has 0 heterocycles. The van der Waals surface area contributed by atoms with E-state index in [4.69, 9.17) is 5.26 Å². The van der Waals surface area contributed by atoms with Crippen LogP contribution in [0, 0.1) is 21.4 Å². The molecule has 0 aliphatic carbocycles. The molecule has 6 nitrogen and oxygen atoms in total. The maximum atomic E-state index is 11.4. The molecule has 0 fully saturated rings.